The van der Waals surface area contributed by atoms with Gasteiger partial charge in [-0.05, 0) is 24.7 Å². The number of carbonyl (C=O) groups is 2. The van der Waals surface area contributed by atoms with Gasteiger partial charge in [0.15, 0.2) is 17.4 Å². The van der Waals surface area contributed by atoms with E-state index >= 15 is 0 Å². The lowest BCUT2D eigenvalue weighted by Crippen LogP contribution is -2.38. The van der Waals surface area contributed by atoms with E-state index in [0.717, 1.165) is 18.2 Å². The van der Waals surface area contributed by atoms with Gasteiger partial charge >= 0.3 is 5.97 Å². The first-order valence-electron chi connectivity index (χ1n) is 5.40. The molecule has 1 aromatic carbocycles. The summed E-state index contributed by atoms with van der Waals surface area (Å²) < 4.78 is 25.7. The molecule has 0 aliphatic carbocycles. The van der Waals surface area contributed by atoms with Gasteiger partial charge in [-0.25, -0.2) is 8.78 Å². The van der Waals surface area contributed by atoms with Gasteiger partial charge in [0.2, 0.25) is 0 Å². The summed E-state index contributed by atoms with van der Waals surface area (Å²) in [5, 5.41) is 11.4. The molecule has 2 N–H and O–H groups in total. The number of ketones is 1. The Labute approximate surface area is 103 Å². The maximum atomic E-state index is 13.0. The van der Waals surface area contributed by atoms with E-state index in [0.29, 0.717) is 6.54 Å². The fourth-order valence-corrected chi connectivity index (χ4v) is 1.53. The summed E-state index contributed by atoms with van der Waals surface area (Å²) >= 11 is 0. The van der Waals surface area contributed by atoms with Crippen LogP contribution in [0.5, 0.6) is 0 Å². The molecule has 1 atom stereocenters. The van der Waals surface area contributed by atoms with Gasteiger partial charge in [0.1, 0.15) is 0 Å². The van der Waals surface area contributed by atoms with Crippen molar-refractivity contribution < 1.29 is 23.5 Å². The lowest BCUT2D eigenvalue weighted by Gasteiger charge is -2.14. The van der Waals surface area contributed by atoms with Crippen molar-refractivity contribution in [3.05, 3.63) is 35.4 Å². The molecule has 0 aliphatic rings. The first-order valence-corrected chi connectivity index (χ1v) is 5.40. The molecule has 1 aromatic rings. The smallest absolute Gasteiger partial charge is 0.305 e. The Kier molecular flexibility index (Phi) is 4.91. The van der Waals surface area contributed by atoms with Crippen LogP contribution in [-0.4, -0.2) is 29.4 Å². The zero-order valence-electron chi connectivity index (χ0n) is 9.74. The van der Waals surface area contributed by atoms with Crippen LogP contribution in [0, 0.1) is 11.6 Å². The lowest BCUT2D eigenvalue weighted by molar-refractivity contribution is -0.137. The maximum Gasteiger partial charge on any atom is 0.305 e. The van der Waals surface area contributed by atoms with Crippen molar-refractivity contribution in [2.24, 2.45) is 0 Å². The quantitative estimate of drug-likeness (QED) is 0.760. The second-order valence-electron chi connectivity index (χ2n) is 3.70. The third-order valence-electron chi connectivity index (χ3n) is 2.35. The Balaban J connectivity index is 2.93. The highest BCUT2D eigenvalue weighted by Gasteiger charge is 2.22. The number of carbonyl (C=O) groups excluding carboxylic acids is 1. The molecule has 0 aliphatic heterocycles. The molecule has 0 amide bonds. The molecule has 0 bridgehead atoms. The third-order valence-corrected chi connectivity index (χ3v) is 2.35. The fourth-order valence-electron chi connectivity index (χ4n) is 1.53. The van der Waals surface area contributed by atoms with Gasteiger partial charge in [-0.15, -0.1) is 0 Å². The number of carboxylic acids is 1. The number of carboxylic acid groups (broad SMARTS) is 1. The molecule has 0 aromatic heterocycles. The van der Waals surface area contributed by atoms with E-state index in [1.165, 1.54) is 0 Å². The van der Waals surface area contributed by atoms with Gasteiger partial charge in [-0.3, -0.25) is 9.59 Å². The van der Waals surface area contributed by atoms with Crippen molar-refractivity contribution in [1.82, 2.24) is 5.32 Å². The number of aliphatic carboxylic acids is 1. The minimum atomic E-state index is -1.14. The predicted molar refractivity (Wildman–Crippen MR) is 60.4 cm³/mol. The van der Waals surface area contributed by atoms with E-state index in [-0.39, 0.29) is 5.56 Å². The summed E-state index contributed by atoms with van der Waals surface area (Å²) in [4.78, 5) is 22.5. The van der Waals surface area contributed by atoms with Crippen molar-refractivity contribution in [2.75, 3.05) is 6.54 Å². The molecule has 0 spiro atoms. The van der Waals surface area contributed by atoms with Crippen LogP contribution in [0.2, 0.25) is 0 Å². The Morgan fingerprint density at radius 3 is 2.50 bits per heavy atom. The number of likely N-dealkylation sites (N-methyl/N-ethyl adjacent to an activating group) is 1. The number of hydrogen-bond donors (Lipinski definition) is 2. The van der Waals surface area contributed by atoms with E-state index in [4.69, 9.17) is 5.11 Å². The minimum absolute atomic E-state index is 0.0545. The second kappa shape index (κ2) is 6.20. The molecule has 0 radical (unpaired) electrons. The van der Waals surface area contributed by atoms with Gasteiger partial charge in [0.05, 0.1) is 12.5 Å². The molecule has 98 valence electrons. The van der Waals surface area contributed by atoms with Crippen LogP contribution in [0.15, 0.2) is 18.2 Å². The summed E-state index contributed by atoms with van der Waals surface area (Å²) in [5.41, 5.74) is -0.0545. The normalized spacial score (nSPS) is 12.2. The van der Waals surface area contributed by atoms with Gasteiger partial charge in [0.25, 0.3) is 0 Å². The van der Waals surface area contributed by atoms with Gasteiger partial charge in [-0.2, -0.15) is 0 Å². The van der Waals surface area contributed by atoms with E-state index in [9.17, 15) is 18.4 Å². The van der Waals surface area contributed by atoms with E-state index in [1.54, 1.807) is 6.92 Å². The SMILES string of the molecule is CCNC(CC(=O)O)C(=O)c1ccc(F)c(F)c1. The largest absolute Gasteiger partial charge is 0.481 e. The van der Waals surface area contributed by atoms with Crippen LogP contribution < -0.4 is 5.32 Å². The number of rotatable bonds is 6. The van der Waals surface area contributed by atoms with Crippen LogP contribution in [0.1, 0.15) is 23.7 Å². The number of hydrogen-bond acceptors (Lipinski definition) is 3. The second-order valence-corrected chi connectivity index (χ2v) is 3.70. The standard InChI is InChI=1S/C12H13F2NO3/c1-2-15-10(6-11(16)17)12(18)7-3-4-8(13)9(14)5-7/h3-5,10,15H,2,6H2,1H3,(H,16,17). The number of nitrogens with one attached hydrogen (secondary N) is 1. The van der Waals surface area contributed by atoms with E-state index < -0.39 is 35.8 Å². The van der Waals surface area contributed by atoms with Gasteiger partial charge in [-0.1, -0.05) is 6.92 Å². The Hall–Kier alpha value is -1.82. The van der Waals surface area contributed by atoms with Crippen LogP contribution in [-0.2, 0) is 4.79 Å². The summed E-state index contributed by atoms with van der Waals surface area (Å²) in [6.45, 7) is 2.11. The highest BCUT2D eigenvalue weighted by atomic mass is 19.2. The number of benzene rings is 1. The molecule has 0 fully saturated rings. The van der Waals surface area contributed by atoms with Crippen molar-refractivity contribution in [3.63, 3.8) is 0 Å². The van der Waals surface area contributed by atoms with Crippen LogP contribution >= 0.6 is 0 Å². The Morgan fingerprint density at radius 2 is 2.00 bits per heavy atom. The highest BCUT2D eigenvalue weighted by Crippen LogP contribution is 2.12. The van der Waals surface area contributed by atoms with Gasteiger partial charge < -0.3 is 10.4 Å². The molecular formula is C12H13F2NO3. The Morgan fingerprint density at radius 1 is 1.33 bits per heavy atom. The maximum absolute atomic E-state index is 13.0. The predicted octanol–water partition coefficient (Wildman–Crippen LogP) is 1.60. The lowest BCUT2D eigenvalue weighted by atomic mass is 10.0. The zero-order chi connectivity index (χ0) is 13.7. The van der Waals surface area contributed by atoms with E-state index in [2.05, 4.69) is 5.32 Å². The average molecular weight is 257 g/mol. The van der Waals surface area contributed by atoms with Gasteiger partial charge in [0, 0.05) is 5.56 Å². The molecular weight excluding hydrogens is 244 g/mol. The summed E-state index contributed by atoms with van der Waals surface area (Å²) in [5.74, 6) is -3.90. The average Bonchev–Trinajstić information content (AvgIpc) is 2.31. The number of Topliss-reactive ketones (excluding diaryl/α,β-unsaturated/α-hetero) is 1. The molecule has 18 heavy (non-hydrogen) atoms. The minimum Gasteiger partial charge on any atom is -0.481 e. The fraction of sp³-hybridized carbons (Fsp3) is 0.333. The molecule has 1 unspecified atom stereocenters. The van der Waals surface area contributed by atoms with Crippen molar-refractivity contribution in [1.29, 1.82) is 0 Å². The monoisotopic (exact) mass is 257 g/mol. The molecule has 0 heterocycles. The summed E-state index contributed by atoms with van der Waals surface area (Å²) in [6, 6.07) is 1.79. The molecule has 0 saturated heterocycles. The third kappa shape index (κ3) is 3.59. The van der Waals surface area contributed by atoms with Crippen molar-refractivity contribution >= 4 is 11.8 Å². The topological polar surface area (TPSA) is 66.4 Å². The van der Waals surface area contributed by atoms with Crippen molar-refractivity contribution in [2.45, 2.75) is 19.4 Å². The van der Waals surface area contributed by atoms with Crippen LogP contribution in [0.25, 0.3) is 0 Å². The number of halogens is 2. The van der Waals surface area contributed by atoms with Crippen LogP contribution in [0.4, 0.5) is 8.78 Å². The summed E-state index contributed by atoms with van der Waals surface area (Å²) in [7, 11) is 0. The first-order chi connectivity index (χ1) is 8.45. The zero-order valence-corrected chi connectivity index (χ0v) is 9.74. The van der Waals surface area contributed by atoms with E-state index in [1.807, 2.05) is 0 Å². The molecule has 1 rings (SSSR count). The first kappa shape index (κ1) is 14.2. The molecule has 0 saturated carbocycles. The highest BCUT2D eigenvalue weighted by molar-refractivity contribution is 6.01. The summed E-state index contributed by atoms with van der Waals surface area (Å²) in [6.07, 6.45) is -0.411. The molecule has 4 nitrogen and oxygen atoms in total. The van der Waals surface area contributed by atoms with Crippen molar-refractivity contribution in [3.8, 4) is 0 Å². The van der Waals surface area contributed by atoms with Crippen LogP contribution in [0.3, 0.4) is 0 Å². The Bertz CT molecular complexity index is 463. The molecule has 6 heteroatoms.